The van der Waals surface area contributed by atoms with Gasteiger partial charge in [0.05, 0.1) is 17.9 Å². The molecule has 20 aliphatic carbocycles. The fourth-order valence-electron chi connectivity index (χ4n) is 36.5. The van der Waals surface area contributed by atoms with Gasteiger partial charge >= 0.3 is 17.9 Å². The van der Waals surface area contributed by atoms with Crippen LogP contribution in [0.5, 0.6) is 0 Å². The molecule has 12 saturated carbocycles. The lowest BCUT2D eigenvalue weighted by Crippen LogP contribution is -2.62. The summed E-state index contributed by atoms with van der Waals surface area (Å²) in [6.07, 6.45) is 53.7. The molecule has 21 rings (SSSR count). The zero-order valence-electron chi connectivity index (χ0n) is 92.8. The van der Waals surface area contributed by atoms with E-state index in [2.05, 4.69) is 173 Å². The summed E-state index contributed by atoms with van der Waals surface area (Å²) < 4.78 is 22.0. The van der Waals surface area contributed by atoms with E-state index in [4.69, 9.17) is 18.9 Å². The normalized spacial score (nSPS) is 43.5. The Hall–Kier alpha value is -9.44. The number of fused-ring (bicyclic) bond motifs is 28. The third kappa shape index (κ3) is 15.0. The molecule has 0 aromatic heterocycles. The molecule has 0 spiro atoms. The van der Waals surface area contributed by atoms with E-state index in [0.717, 1.165) is 227 Å². The second-order valence-corrected chi connectivity index (χ2v) is 54.9. The summed E-state index contributed by atoms with van der Waals surface area (Å²) in [6, 6.07) is 10.0. The molecule has 0 radical (unpaired) electrons. The first-order valence-corrected chi connectivity index (χ1v) is 55.0. The van der Waals surface area contributed by atoms with Crippen LogP contribution in [0.3, 0.4) is 0 Å². The van der Waals surface area contributed by atoms with Gasteiger partial charge in [-0.05, 0) is 398 Å². The molecular formula is C129H166O16. The van der Waals surface area contributed by atoms with Gasteiger partial charge in [-0.15, -0.1) is 0 Å². The van der Waals surface area contributed by atoms with E-state index in [1.165, 1.54) is 54.1 Å². The predicted octanol–water partition coefficient (Wildman–Crippen LogP) is 29.2. The number of rotatable bonds is 11. The minimum Gasteiger partial charge on any atom is -0.492 e. The average Bonchev–Trinajstić information content (AvgIpc) is 0.685. The minimum atomic E-state index is -0.673. The number of carboxylic acid groups (broad SMARTS) is 2. The van der Waals surface area contributed by atoms with Gasteiger partial charge in [-0.2, -0.15) is 0 Å². The molecule has 145 heavy (non-hydrogen) atoms. The van der Waals surface area contributed by atoms with E-state index in [1.807, 2.05) is 84.0 Å². The fourth-order valence-corrected chi connectivity index (χ4v) is 36.5. The van der Waals surface area contributed by atoms with E-state index in [9.17, 15) is 58.2 Å². The first-order chi connectivity index (χ1) is 67.4. The maximum Gasteiger partial charge on any atom is 0.309 e. The molecule has 0 aliphatic heterocycles. The lowest BCUT2D eigenvalue weighted by molar-refractivity contribution is -0.178. The number of carboxylic acids is 2. The number of carbonyl (C=O) groups is 10. The van der Waals surface area contributed by atoms with Crippen LogP contribution in [0.4, 0.5) is 0 Å². The van der Waals surface area contributed by atoms with Gasteiger partial charge in [0.15, 0.2) is 23.0 Å². The SMILES string of the molecule is CC(=O)OC1=C(C)C2=CC=C3[C@@](C)(CC[C@@]4(C)[C@@H]5C[C@](C)(C(=O)O)CC[C@]5(C)CC[C@]34C)C2=CC1=O.CC(=O)[C@]1(C)CC[C@]2(C)CC[C@]3(C)C4=CC=C5C(=CC(=O)C(OC=O)=C5C)[C@]4(C)CC[C@@]3(C)[C@@H]2C1.CC(=O)[C@]1(C)CC[C@]2(C)CC[C@]3(C)C4=CC=C5C(=CC(=O)C(OCc6ccccc6)=C5C)[C@]4(C)CC[C@@]3(C)[C@@H]2C1.COC1=C(C)C2=CC=C3[C@@](C)(CC[C@@]4(C)[C@@H]5C[C@](C)(C(=O)O)CC[C@]5(C)CC[C@]34C)C2=CC1=O. The molecule has 0 unspecified atom stereocenters. The van der Waals surface area contributed by atoms with Crippen LogP contribution in [0.15, 0.2) is 215 Å². The smallest absolute Gasteiger partial charge is 0.309 e. The quantitative estimate of drug-likeness (QED) is 0.154. The summed E-state index contributed by atoms with van der Waals surface area (Å²) in [6.45, 7) is 60.6. The molecule has 0 heterocycles. The molecule has 2 N–H and O–H groups in total. The molecule has 16 heteroatoms. The number of hydrogen-bond acceptors (Lipinski definition) is 14. The second kappa shape index (κ2) is 34.6. The maximum absolute atomic E-state index is 13.6. The third-order valence-electron chi connectivity index (χ3n) is 48.0. The Labute approximate surface area is 864 Å². The fraction of sp³-hybridized carbons (Fsp3) is 0.628. The van der Waals surface area contributed by atoms with Crippen LogP contribution in [0, 0.1) is 132 Å². The van der Waals surface area contributed by atoms with Crippen molar-refractivity contribution in [1.82, 2.24) is 0 Å². The van der Waals surface area contributed by atoms with Crippen molar-refractivity contribution in [2.24, 2.45) is 132 Å². The number of allylic oxidation sites excluding steroid dienone is 28. The van der Waals surface area contributed by atoms with E-state index >= 15 is 0 Å². The zero-order valence-corrected chi connectivity index (χ0v) is 92.8. The molecule has 1 aromatic rings. The molecule has 778 valence electrons. The van der Waals surface area contributed by atoms with Gasteiger partial charge in [0.1, 0.15) is 18.2 Å². The van der Waals surface area contributed by atoms with Crippen LogP contribution in [-0.4, -0.2) is 76.4 Å². The summed E-state index contributed by atoms with van der Waals surface area (Å²) in [4.78, 5) is 125. The minimum absolute atomic E-state index is 0.0116. The van der Waals surface area contributed by atoms with Crippen molar-refractivity contribution in [2.75, 3.05) is 7.11 Å². The maximum atomic E-state index is 13.6. The van der Waals surface area contributed by atoms with E-state index in [1.54, 1.807) is 33.1 Å². The van der Waals surface area contributed by atoms with Gasteiger partial charge in [0.2, 0.25) is 23.1 Å². The highest BCUT2D eigenvalue weighted by Crippen LogP contribution is 2.82. The standard InChI is InChI=1S/C37H46O3.C31H40O5.C31H40O4.C30H40O4/c1-24-27-13-14-30-35(5,28(27)21-29(39)32(24)40-23-26-11-9-8-10-12-26)18-20-37(7)31-22-34(4,25(2)38)16-15-33(31,3)17-19-36(30,37)6;1-18-20-8-9-23-29(5,21(20)16-22(33)25(18)36-19(2)32)13-15-31(7)24-17-28(4,26(34)35)11-10-27(24,3)12-14-30(23,31)6;1-19-21-8-9-24-29(5,22(21)16-23(34)26(19)35-18-32)13-15-31(7)25-17-28(4,20(2)33)11-10-27(25,3)12-14-30(24,31)6;1-18-19-8-9-22-28(4,20(19)16-21(31)24(18)34-7)13-15-30(6)23-17-27(3,25(32)33)11-10-26(23,2)12-14-29(22,30)5/h8-14,21,31H,15-20,22-23H2,1-7H3;8-9,16,24H,10-15,17H2,1-7H3,(H,34,35);8-9,16,18,25H,10-15,17H2,1-7H3;8-9,16,23H,10-15,17H2,1-7H3,(H,32,33)/t31-,33-,34-,35+,36-,37+;24-,27-,28-,29+,30-,31+;25-,27-,28-,29+,30-,31+;23-,26-,27-,28+,29-,30+/m1111/s1. The number of carbonyl (C=O) groups excluding carboxylic acids is 8. The van der Waals surface area contributed by atoms with Gasteiger partial charge in [0.25, 0.3) is 6.47 Å². The van der Waals surface area contributed by atoms with Crippen LogP contribution in [-0.2, 0) is 73.5 Å². The molecule has 0 bridgehead atoms. The molecule has 20 aliphatic rings. The van der Waals surface area contributed by atoms with E-state index in [0.29, 0.717) is 59.8 Å². The number of methoxy groups -OCH3 is 1. The Morgan fingerprint density at radius 1 is 0.331 bits per heavy atom. The molecule has 12 fully saturated rings. The highest BCUT2D eigenvalue weighted by Gasteiger charge is 2.74. The Balaban J connectivity index is 0.000000127. The monoisotopic (exact) mass is 1970 g/mol. The van der Waals surface area contributed by atoms with Crippen LogP contribution in [0.1, 0.15) is 372 Å². The third-order valence-corrected chi connectivity index (χ3v) is 48.0. The van der Waals surface area contributed by atoms with Crippen molar-refractivity contribution in [3.05, 3.63) is 221 Å². The highest BCUT2D eigenvalue weighted by atomic mass is 16.5. The van der Waals surface area contributed by atoms with Crippen molar-refractivity contribution in [3.8, 4) is 0 Å². The number of esters is 1. The van der Waals surface area contributed by atoms with Gasteiger partial charge in [0, 0.05) is 61.7 Å². The van der Waals surface area contributed by atoms with Crippen molar-refractivity contribution in [2.45, 2.75) is 373 Å². The van der Waals surface area contributed by atoms with Crippen molar-refractivity contribution in [3.63, 3.8) is 0 Å². The molecule has 1 aromatic carbocycles. The van der Waals surface area contributed by atoms with E-state index < -0.39 is 28.7 Å². The highest BCUT2D eigenvalue weighted by molar-refractivity contribution is 6.10. The number of Topliss-reactive ketones (excluding diaryl/α,β-unsaturated/α-hetero) is 2. The Bertz CT molecular complexity index is 6430. The predicted molar refractivity (Wildman–Crippen MR) is 567 cm³/mol. The Kier molecular flexibility index (Phi) is 25.1. The molecule has 0 amide bonds. The lowest BCUT2D eigenvalue weighted by atomic mass is 9.34. The van der Waals surface area contributed by atoms with Crippen molar-refractivity contribution >= 4 is 59.1 Å². The number of hydrogen-bond donors (Lipinski definition) is 2. The lowest BCUT2D eigenvalue weighted by Gasteiger charge is -2.70. The largest absolute Gasteiger partial charge is 0.492 e. The Morgan fingerprint density at radius 2 is 0.593 bits per heavy atom. The van der Waals surface area contributed by atoms with Gasteiger partial charge in [-0.25, -0.2) is 0 Å². The van der Waals surface area contributed by atoms with Crippen LogP contribution < -0.4 is 0 Å². The molecule has 16 nitrogen and oxygen atoms in total. The summed E-state index contributed by atoms with van der Waals surface area (Å²) >= 11 is 0. The summed E-state index contributed by atoms with van der Waals surface area (Å²) in [5, 5.41) is 20.2. The van der Waals surface area contributed by atoms with Crippen molar-refractivity contribution < 1.29 is 77.1 Å². The number of ether oxygens (including phenoxy) is 4. The molecular weight excluding hydrogens is 1810 g/mol. The second-order valence-electron chi connectivity index (χ2n) is 54.9. The summed E-state index contributed by atoms with van der Waals surface area (Å²) in [7, 11) is 1.57. The van der Waals surface area contributed by atoms with Gasteiger partial charge in [-0.1, -0.05) is 226 Å². The summed E-state index contributed by atoms with van der Waals surface area (Å²) in [5.41, 5.74) is 17.2. The number of benzene rings is 1. The van der Waals surface area contributed by atoms with Gasteiger partial charge < -0.3 is 29.2 Å². The number of ketones is 6. The summed E-state index contributed by atoms with van der Waals surface area (Å²) in [5.74, 6) is 1.29. The molecule has 24 atom stereocenters. The average molecular weight is 1970 g/mol. The van der Waals surface area contributed by atoms with E-state index in [-0.39, 0.29) is 132 Å². The van der Waals surface area contributed by atoms with Crippen LogP contribution in [0.2, 0.25) is 0 Å². The molecule has 0 saturated heterocycles. The number of aliphatic carboxylic acids is 2. The zero-order chi connectivity index (χ0) is 106. The first-order valence-electron chi connectivity index (χ1n) is 55.0. The topological polar surface area (TPSA) is 248 Å². The van der Waals surface area contributed by atoms with Gasteiger partial charge in [-0.3, -0.25) is 47.9 Å². The first kappa shape index (κ1) is 105. The van der Waals surface area contributed by atoms with Crippen LogP contribution in [0.25, 0.3) is 0 Å². The van der Waals surface area contributed by atoms with Crippen LogP contribution >= 0.6 is 0 Å². The Morgan fingerprint density at radius 3 is 0.883 bits per heavy atom. The van der Waals surface area contributed by atoms with Crippen molar-refractivity contribution in [1.29, 1.82) is 0 Å².